The Morgan fingerprint density at radius 1 is 1.17 bits per heavy atom. The third-order valence-electron chi connectivity index (χ3n) is 5.14. The average Bonchev–Trinajstić information content (AvgIpc) is 3.19. The number of aromatic nitrogens is 4. The van der Waals surface area contributed by atoms with Crippen LogP contribution >= 0.6 is 0 Å². The minimum absolute atomic E-state index is 0.0574. The molecule has 1 amide bonds. The maximum absolute atomic E-state index is 12.4. The number of piperidine rings is 1. The minimum atomic E-state index is -0.172. The van der Waals surface area contributed by atoms with Gasteiger partial charge in [-0.15, -0.1) is 0 Å². The lowest BCUT2D eigenvalue weighted by molar-refractivity contribution is 0.0914. The van der Waals surface area contributed by atoms with Crippen molar-refractivity contribution >= 4 is 5.91 Å². The molecule has 0 unspecified atom stereocenters. The molecule has 0 aliphatic carbocycles. The van der Waals surface area contributed by atoms with E-state index < -0.39 is 0 Å². The smallest absolute Gasteiger partial charge is 0.253 e. The van der Waals surface area contributed by atoms with Gasteiger partial charge in [0.25, 0.3) is 5.91 Å². The molecule has 0 atom stereocenters. The van der Waals surface area contributed by atoms with Crippen LogP contribution in [0.25, 0.3) is 16.9 Å². The van der Waals surface area contributed by atoms with Gasteiger partial charge in [0.2, 0.25) is 11.8 Å². The largest absolute Gasteiger partial charge is 0.493 e. The molecule has 1 fully saturated rings. The second-order valence-electron chi connectivity index (χ2n) is 7.13. The van der Waals surface area contributed by atoms with Gasteiger partial charge in [-0.25, -0.2) is 9.97 Å². The molecule has 1 saturated heterocycles. The van der Waals surface area contributed by atoms with Crippen molar-refractivity contribution in [2.75, 3.05) is 26.9 Å². The summed E-state index contributed by atoms with van der Waals surface area (Å²) in [5, 5.41) is 17.8. The Balaban J connectivity index is 1.46. The van der Waals surface area contributed by atoms with Crippen LogP contribution in [0.4, 0.5) is 0 Å². The fourth-order valence-electron chi connectivity index (χ4n) is 3.45. The molecule has 0 aromatic carbocycles. The van der Waals surface area contributed by atoms with E-state index in [1.54, 1.807) is 36.7 Å². The molecule has 3 aromatic heterocycles. The standard InChI is InChI=1S/C21H24N6O3/c1-30-19-11-15(7-8-22-19)17-13-25-27(21(17)29)18-6-5-16(12-23-18)20(28)24-14-26-9-3-2-4-10-26/h5-8,11-13,29H,2-4,9-10,14H2,1H3,(H,24,28). The number of rotatable bonds is 6. The molecule has 156 valence electrons. The van der Waals surface area contributed by atoms with Crippen molar-refractivity contribution in [3.05, 3.63) is 48.4 Å². The van der Waals surface area contributed by atoms with Gasteiger partial charge in [-0.2, -0.15) is 9.78 Å². The van der Waals surface area contributed by atoms with Crippen molar-refractivity contribution in [2.45, 2.75) is 19.3 Å². The number of hydrogen-bond acceptors (Lipinski definition) is 7. The molecule has 4 rings (SSSR count). The average molecular weight is 408 g/mol. The van der Waals surface area contributed by atoms with E-state index in [0.717, 1.165) is 18.7 Å². The van der Waals surface area contributed by atoms with Crippen LogP contribution in [0.15, 0.2) is 42.9 Å². The molecule has 0 bridgehead atoms. The van der Waals surface area contributed by atoms with Gasteiger partial charge in [0.15, 0.2) is 5.82 Å². The van der Waals surface area contributed by atoms with Gasteiger partial charge in [0, 0.05) is 18.5 Å². The first-order valence-corrected chi connectivity index (χ1v) is 9.90. The Labute approximate surface area is 174 Å². The number of methoxy groups -OCH3 is 1. The molecule has 9 nitrogen and oxygen atoms in total. The van der Waals surface area contributed by atoms with Crippen molar-refractivity contribution in [2.24, 2.45) is 0 Å². The SMILES string of the molecule is COc1cc(-c2cnn(-c3ccc(C(=O)NCN4CCCCC4)cn3)c2O)ccn1. The van der Waals surface area contributed by atoms with Crippen LogP contribution in [-0.4, -0.2) is 62.5 Å². The van der Waals surface area contributed by atoms with Crippen LogP contribution in [0.3, 0.4) is 0 Å². The first kappa shape index (κ1) is 19.8. The van der Waals surface area contributed by atoms with Crippen molar-refractivity contribution < 1.29 is 14.6 Å². The molecule has 2 N–H and O–H groups in total. The summed E-state index contributed by atoms with van der Waals surface area (Å²) < 4.78 is 6.45. The lowest BCUT2D eigenvalue weighted by atomic mass is 10.1. The second kappa shape index (κ2) is 8.91. The lowest BCUT2D eigenvalue weighted by Crippen LogP contribution is -2.40. The molecular formula is C21H24N6O3. The van der Waals surface area contributed by atoms with E-state index in [1.807, 2.05) is 0 Å². The molecule has 0 radical (unpaired) electrons. The number of carbonyl (C=O) groups is 1. The zero-order valence-corrected chi connectivity index (χ0v) is 16.8. The Morgan fingerprint density at radius 3 is 2.73 bits per heavy atom. The Kier molecular flexibility index (Phi) is 5.89. The minimum Gasteiger partial charge on any atom is -0.493 e. The van der Waals surface area contributed by atoms with Gasteiger partial charge in [0.1, 0.15) is 0 Å². The molecule has 9 heteroatoms. The summed E-state index contributed by atoms with van der Waals surface area (Å²) in [6.45, 7) is 2.57. The highest BCUT2D eigenvalue weighted by Crippen LogP contribution is 2.31. The topological polar surface area (TPSA) is 105 Å². The van der Waals surface area contributed by atoms with Gasteiger partial charge < -0.3 is 15.2 Å². The van der Waals surface area contributed by atoms with Crippen LogP contribution in [0.2, 0.25) is 0 Å². The van der Waals surface area contributed by atoms with E-state index in [9.17, 15) is 9.90 Å². The zero-order chi connectivity index (χ0) is 20.9. The predicted octanol–water partition coefficient (Wildman–Crippen LogP) is 2.22. The second-order valence-corrected chi connectivity index (χ2v) is 7.13. The molecule has 3 aromatic rings. The molecule has 1 aliphatic rings. The van der Waals surface area contributed by atoms with E-state index in [0.29, 0.717) is 29.5 Å². The number of amides is 1. The summed E-state index contributed by atoms with van der Waals surface area (Å²) in [4.78, 5) is 23.0. The van der Waals surface area contributed by atoms with E-state index in [2.05, 4.69) is 25.3 Å². The highest BCUT2D eigenvalue weighted by atomic mass is 16.5. The number of likely N-dealkylation sites (tertiary alicyclic amines) is 1. The van der Waals surface area contributed by atoms with Gasteiger partial charge in [-0.05, 0) is 49.7 Å². The third-order valence-corrected chi connectivity index (χ3v) is 5.14. The molecule has 4 heterocycles. The summed E-state index contributed by atoms with van der Waals surface area (Å²) in [6, 6.07) is 6.79. The Morgan fingerprint density at radius 2 is 2.00 bits per heavy atom. The number of nitrogens with zero attached hydrogens (tertiary/aromatic N) is 5. The molecule has 0 spiro atoms. The number of nitrogens with one attached hydrogen (secondary N) is 1. The van der Waals surface area contributed by atoms with Crippen LogP contribution in [-0.2, 0) is 0 Å². The van der Waals surface area contributed by atoms with Crippen molar-refractivity contribution in [3.8, 4) is 28.7 Å². The summed E-state index contributed by atoms with van der Waals surface area (Å²) in [5.41, 5.74) is 1.71. The maximum atomic E-state index is 12.4. The van der Waals surface area contributed by atoms with Crippen molar-refractivity contribution in [3.63, 3.8) is 0 Å². The first-order valence-electron chi connectivity index (χ1n) is 9.90. The van der Waals surface area contributed by atoms with Crippen LogP contribution < -0.4 is 10.1 Å². The molecule has 0 saturated carbocycles. The number of hydrogen-bond donors (Lipinski definition) is 2. The Bertz CT molecular complexity index is 1010. The van der Waals surface area contributed by atoms with Gasteiger partial charge in [-0.1, -0.05) is 6.42 Å². The highest BCUT2D eigenvalue weighted by Gasteiger charge is 2.16. The summed E-state index contributed by atoms with van der Waals surface area (Å²) in [5.74, 6) is 0.622. The first-order chi connectivity index (χ1) is 14.7. The van der Waals surface area contributed by atoms with Gasteiger partial charge >= 0.3 is 0 Å². The zero-order valence-electron chi connectivity index (χ0n) is 16.8. The fraction of sp³-hybridized carbons (Fsp3) is 0.333. The normalized spacial score (nSPS) is 14.4. The Hall–Kier alpha value is -3.46. The predicted molar refractivity (Wildman–Crippen MR) is 111 cm³/mol. The summed E-state index contributed by atoms with van der Waals surface area (Å²) >= 11 is 0. The van der Waals surface area contributed by atoms with Crippen molar-refractivity contribution in [1.82, 2.24) is 30.0 Å². The van der Waals surface area contributed by atoms with Crippen LogP contribution in [0.5, 0.6) is 11.8 Å². The van der Waals surface area contributed by atoms with Gasteiger partial charge in [0.05, 0.1) is 31.1 Å². The van der Waals surface area contributed by atoms with E-state index in [1.165, 1.54) is 37.3 Å². The van der Waals surface area contributed by atoms with E-state index in [-0.39, 0.29) is 11.8 Å². The lowest BCUT2D eigenvalue weighted by Gasteiger charge is -2.26. The molecular weight excluding hydrogens is 384 g/mol. The molecule has 1 aliphatic heterocycles. The summed E-state index contributed by atoms with van der Waals surface area (Å²) in [6.07, 6.45) is 8.23. The van der Waals surface area contributed by atoms with Crippen LogP contribution in [0.1, 0.15) is 29.6 Å². The number of pyridine rings is 2. The van der Waals surface area contributed by atoms with Crippen molar-refractivity contribution in [1.29, 1.82) is 0 Å². The van der Waals surface area contributed by atoms with E-state index in [4.69, 9.17) is 4.74 Å². The quantitative estimate of drug-likeness (QED) is 0.644. The highest BCUT2D eigenvalue weighted by molar-refractivity contribution is 5.93. The number of aromatic hydroxyl groups is 1. The van der Waals surface area contributed by atoms with E-state index >= 15 is 0 Å². The van der Waals surface area contributed by atoms with Crippen LogP contribution in [0, 0.1) is 0 Å². The summed E-state index contributed by atoms with van der Waals surface area (Å²) in [7, 11) is 1.53. The third kappa shape index (κ3) is 4.25. The monoisotopic (exact) mass is 408 g/mol. The number of ether oxygens (including phenoxy) is 1. The maximum Gasteiger partial charge on any atom is 0.253 e. The fourth-order valence-corrected chi connectivity index (χ4v) is 3.45. The number of carbonyl (C=O) groups excluding carboxylic acids is 1. The molecule has 30 heavy (non-hydrogen) atoms. The van der Waals surface area contributed by atoms with Gasteiger partial charge in [-0.3, -0.25) is 9.69 Å².